The molecule has 0 spiro atoms. The number of hydrogen-bond donors (Lipinski definition) is 0. The smallest absolute Gasteiger partial charge is 0.211 e. The van der Waals surface area contributed by atoms with E-state index in [4.69, 9.17) is 32.4 Å². The van der Waals surface area contributed by atoms with E-state index in [1.165, 1.54) is 6.26 Å². The molecule has 0 aliphatic rings. The Bertz CT molecular complexity index is 900. The SMILES string of the molecule is Cc1c(OCc2cccc(Cl)c2)ccc2c(=O)c(Cl)coc12. The maximum atomic E-state index is 12.0. The molecule has 0 bridgehead atoms. The van der Waals surface area contributed by atoms with Gasteiger partial charge < -0.3 is 9.15 Å². The van der Waals surface area contributed by atoms with Gasteiger partial charge in [0, 0.05) is 10.6 Å². The summed E-state index contributed by atoms with van der Waals surface area (Å²) >= 11 is 11.7. The lowest BCUT2D eigenvalue weighted by Crippen LogP contribution is -2.03. The second kappa shape index (κ2) is 6.03. The summed E-state index contributed by atoms with van der Waals surface area (Å²) in [4.78, 5) is 12.0. The van der Waals surface area contributed by atoms with E-state index < -0.39 is 0 Å². The van der Waals surface area contributed by atoms with Gasteiger partial charge in [0.2, 0.25) is 5.43 Å². The first kappa shape index (κ1) is 14.9. The van der Waals surface area contributed by atoms with E-state index in [0.717, 1.165) is 11.1 Å². The molecule has 3 nitrogen and oxygen atoms in total. The molecule has 1 heterocycles. The molecule has 1 aromatic heterocycles. The summed E-state index contributed by atoms with van der Waals surface area (Å²) in [6.07, 6.45) is 1.25. The van der Waals surface area contributed by atoms with Crippen LogP contribution in [0, 0.1) is 6.92 Å². The fraction of sp³-hybridized carbons (Fsp3) is 0.118. The van der Waals surface area contributed by atoms with Gasteiger partial charge in [0.25, 0.3) is 0 Å². The molecular formula is C17H12Cl2O3. The average molecular weight is 335 g/mol. The molecule has 0 unspecified atom stereocenters. The maximum Gasteiger partial charge on any atom is 0.211 e. The normalized spacial score (nSPS) is 10.9. The zero-order valence-electron chi connectivity index (χ0n) is 11.7. The minimum Gasteiger partial charge on any atom is -0.488 e. The van der Waals surface area contributed by atoms with E-state index in [9.17, 15) is 4.79 Å². The number of hydrogen-bond acceptors (Lipinski definition) is 3. The standard InChI is InChI=1S/C17H12Cl2O3/c1-10-15(21-8-11-3-2-4-12(18)7-11)6-5-13-16(20)14(19)9-22-17(10)13/h2-7,9H,8H2,1H3. The van der Waals surface area contributed by atoms with Gasteiger partial charge in [-0.15, -0.1) is 0 Å². The van der Waals surface area contributed by atoms with E-state index in [2.05, 4.69) is 0 Å². The second-order valence-electron chi connectivity index (χ2n) is 4.90. The van der Waals surface area contributed by atoms with Gasteiger partial charge in [-0.2, -0.15) is 0 Å². The van der Waals surface area contributed by atoms with Crippen molar-refractivity contribution in [2.45, 2.75) is 13.5 Å². The van der Waals surface area contributed by atoms with Gasteiger partial charge in [-0.05, 0) is 36.8 Å². The van der Waals surface area contributed by atoms with Crippen LogP contribution in [0.15, 0.2) is 51.9 Å². The monoisotopic (exact) mass is 334 g/mol. The van der Waals surface area contributed by atoms with Crippen molar-refractivity contribution in [3.63, 3.8) is 0 Å². The van der Waals surface area contributed by atoms with Gasteiger partial charge >= 0.3 is 0 Å². The Morgan fingerprint density at radius 3 is 2.77 bits per heavy atom. The van der Waals surface area contributed by atoms with Gasteiger partial charge in [-0.25, -0.2) is 0 Å². The van der Waals surface area contributed by atoms with Crippen LogP contribution >= 0.6 is 23.2 Å². The third kappa shape index (κ3) is 2.82. The van der Waals surface area contributed by atoms with Crippen molar-refractivity contribution in [2.75, 3.05) is 0 Å². The van der Waals surface area contributed by atoms with Crippen LogP contribution in [-0.2, 0) is 6.61 Å². The molecule has 0 atom stereocenters. The first-order chi connectivity index (χ1) is 10.6. The van der Waals surface area contributed by atoms with E-state index in [1.807, 2.05) is 31.2 Å². The topological polar surface area (TPSA) is 39.4 Å². The first-order valence-electron chi connectivity index (χ1n) is 6.64. The van der Waals surface area contributed by atoms with Gasteiger partial charge in [-0.1, -0.05) is 35.3 Å². The largest absolute Gasteiger partial charge is 0.488 e. The van der Waals surface area contributed by atoms with Crippen LogP contribution in [0.3, 0.4) is 0 Å². The Morgan fingerprint density at radius 1 is 1.18 bits per heavy atom. The summed E-state index contributed by atoms with van der Waals surface area (Å²) in [5, 5.41) is 1.18. The molecule has 0 aliphatic carbocycles. The van der Waals surface area contributed by atoms with Gasteiger partial charge in [0.15, 0.2) is 0 Å². The second-order valence-corrected chi connectivity index (χ2v) is 5.74. The number of aryl methyl sites for hydroxylation is 1. The lowest BCUT2D eigenvalue weighted by molar-refractivity contribution is 0.304. The Hall–Kier alpha value is -1.97. The molecule has 0 fully saturated rings. The highest BCUT2D eigenvalue weighted by molar-refractivity contribution is 6.31. The number of rotatable bonds is 3. The first-order valence-corrected chi connectivity index (χ1v) is 7.39. The quantitative estimate of drug-likeness (QED) is 0.677. The van der Waals surface area contributed by atoms with Crippen molar-refractivity contribution in [1.29, 1.82) is 0 Å². The molecule has 22 heavy (non-hydrogen) atoms. The Kier molecular flexibility index (Phi) is 4.10. The Balaban J connectivity index is 1.93. The minimum absolute atomic E-state index is 0.0690. The molecule has 0 saturated heterocycles. The van der Waals surface area contributed by atoms with E-state index >= 15 is 0 Å². The molecular weight excluding hydrogens is 323 g/mol. The highest BCUT2D eigenvalue weighted by Crippen LogP contribution is 2.27. The van der Waals surface area contributed by atoms with Crippen LogP contribution in [-0.4, -0.2) is 0 Å². The molecule has 0 radical (unpaired) electrons. The number of ether oxygens (including phenoxy) is 1. The van der Waals surface area contributed by atoms with Gasteiger partial charge in [0.05, 0.1) is 5.39 Å². The van der Waals surface area contributed by atoms with Crippen LogP contribution in [0.2, 0.25) is 10.0 Å². The Morgan fingerprint density at radius 2 is 2.00 bits per heavy atom. The number of benzene rings is 2. The van der Waals surface area contributed by atoms with Crippen LogP contribution in [0.4, 0.5) is 0 Å². The third-order valence-corrected chi connectivity index (χ3v) is 3.88. The summed E-state index contributed by atoms with van der Waals surface area (Å²) in [6.45, 7) is 2.22. The van der Waals surface area contributed by atoms with Crippen LogP contribution in [0.25, 0.3) is 11.0 Å². The lowest BCUT2D eigenvalue weighted by Gasteiger charge is -2.11. The van der Waals surface area contributed by atoms with Gasteiger partial charge in [0.1, 0.15) is 29.2 Å². The van der Waals surface area contributed by atoms with E-state index in [0.29, 0.717) is 28.3 Å². The van der Waals surface area contributed by atoms with E-state index in [-0.39, 0.29) is 10.5 Å². The van der Waals surface area contributed by atoms with Crippen molar-refractivity contribution in [3.8, 4) is 5.75 Å². The fourth-order valence-electron chi connectivity index (χ4n) is 2.24. The molecule has 2 aromatic carbocycles. The summed E-state index contributed by atoms with van der Waals surface area (Å²) < 4.78 is 11.2. The molecule has 3 aromatic rings. The average Bonchev–Trinajstić information content (AvgIpc) is 2.50. The molecule has 0 saturated carbocycles. The molecule has 5 heteroatoms. The predicted molar refractivity (Wildman–Crippen MR) is 88.0 cm³/mol. The van der Waals surface area contributed by atoms with Crippen LogP contribution < -0.4 is 10.2 Å². The van der Waals surface area contributed by atoms with Crippen molar-refractivity contribution >= 4 is 34.2 Å². The van der Waals surface area contributed by atoms with Crippen molar-refractivity contribution in [2.24, 2.45) is 0 Å². The number of halogens is 2. The van der Waals surface area contributed by atoms with Crippen LogP contribution in [0.1, 0.15) is 11.1 Å². The summed E-state index contributed by atoms with van der Waals surface area (Å²) in [7, 11) is 0. The third-order valence-electron chi connectivity index (χ3n) is 3.38. The Labute approximate surface area is 137 Å². The lowest BCUT2D eigenvalue weighted by atomic mass is 10.1. The zero-order chi connectivity index (χ0) is 15.7. The highest BCUT2D eigenvalue weighted by atomic mass is 35.5. The predicted octanol–water partition coefficient (Wildman–Crippen LogP) is 4.99. The zero-order valence-corrected chi connectivity index (χ0v) is 13.2. The van der Waals surface area contributed by atoms with E-state index in [1.54, 1.807) is 12.1 Å². The van der Waals surface area contributed by atoms with Crippen molar-refractivity contribution in [1.82, 2.24) is 0 Å². The summed E-state index contributed by atoms with van der Waals surface area (Å²) in [6, 6.07) is 10.9. The fourth-order valence-corrected chi connectivity index (χ4v) is 2.60. The summed E-state index contributed by atoms with van der Waals surface area (Å²) in [5.41, 5.74) is 1.96. The molecule has 3 rings (SSSR count). The molecule has 0 aliphatic heterocycles. The number of fused-ring (bicyclic) bond motifs is 1. The van der Waals surface area contributed by atoms with Crippen molar-refractivity contribution < 1.29 is 9.15 Å². The minimum atomic E-state index is -0.243. The molecule has 0 amide bonds. The van der Waals surface area contributed by atoms with Gasteiger partial charge in [-0.3, -0.25) is 4.79 Å². The maximum absolute atomic E-state index is 12.0. The molecule has 0 N–H and O–H groups in total. The van der Waals surface area contributed by atoms with Crippen LogP contribution in [0.5, 0.6) is 5.75 Å². The molecule has 112 valence electrons. The summed E-state index contributed by atoms with van der Waals surface area (Å²) in [5.74, 6) is 0.651. The highest BCUT2D eigenvalue weighted by Gasteiger charge is 2.11. The van der Waals surface area contributed by atoms with Crippen molar-refractivity contribution in [3.05, 3.63) is 74.1 Å².